The number of benzene rings is 2. The number of carbonyl (C=O) groups is 1. The van der Waals surface area contributed by atoms with Crippen LogP contribution < -0.4 is 10.2 Å². The quantitative estimate of drug-likeness (QED) is 0.530. The highest BCUT2D eigenvalue weighted by Crippen LogP contribution is 2.38. The number of amides is 1. The highest BCUT2D eigenvalue weighted by molar-refractivity contribution is 6.05. The first kappa shape index (κ1) is 23.6. The van der Waals surface area contributed by atoms with Gasteiger partial charge in [-0.2, -0.15) is 31.4 Å². The van der Waals surface area contributed by atoms with Gasteiger partial charge in [0.25, 0.3) is 5.91 Å². The number of rotatable bonds is 4. The van der Waals surface area contributed by atoms with Gasteiger partial charge in [-0.15, -0.1) is 0 Å². The number of nitrogens with zero attached hydrogens (tertiary/aromatic N) is 3. The third-order valence-corrected chi connectivity index (χ3v) is 5.21. The van der Waals surface area contributed by atoms with Crippen LogP contribution in [0.3, 0.4) is 0 Å². The average Bonchev–Trinajstić information content (AvgIpc) is 3.30. The topological polar surface area (TPSA) is 59.4 Å². The minimum absolute atomic E-state index is 0.0253. The molecule has 180 valence electrons. The summed E-state index contributed by atoms with van der Waals surface area (Å²) in [5.74, 6) is -0.799. The molecule has 2 heterocycles. The lowest BCUT2D eigenvalue weighted by atomic mass is 10.1. The van der Waals surface area contributed by atoms with Crippen molar-refractivity contribution in [3.63, 3.8) is 0 Å². The van der Waals surface area contributed by atoms with Crippen LogP contribution in [0.25, 0.3) is 5.69 Å². The first-order valence-corrected chi connectivity index (χ1v) is 10.1. The molecule has 2 aromatic carbocycles. The van der Waals surface area contributed by atoms with Crippen molar-refractivity contribution in [2.24, 2.45) is 0 Å². The summed E-state index contributed by atoms with van der Waals surface area (Å²) >= 11 is 0. The fourth-order valence-electron chi connectivity index (χ4n) is 3.47. The zero-order valence-corrected chi connectivity index (χ0v) is 17.5. The number of hydrogen-bond donors (Lipinski definition) is 1. The van der Waals surface area contributed by atoms with Crippen molar-refractivity contribution in [3.8, 4) is 5.69 Å². The second-order valence-corrected chi connectivity index (χ2v) is 7.47. The van der Waals surface area contributed by atoms with E-state index in [0.29, 0.717) is 32.0 Å². The number of nitrogens with one attached hydrogen (secondary N) is 1. The lowest BCUT2D eigenvalue weighted by molar-refractivity contribution is -0.141. The van der Waals surface area contributed by atoms with Gasteiger partial charge < -0.3 is 15.0 Å². The van der Waals surface area contributed by atoms with Crippen molar-refractivity contribution in [1.82, 2.24) is 9.78 Å². The summed E-state index contributed by atoms with van der Waals surface area (Å²) in [7, 11) is 0. The molecular weight excluding hydrogens is 466 g/mol. The summed E-state index contributed by atoms with van der Waals surface area (Å²) in [6, 6.07) is 9.74. The van der Waals surface area contributed by atoms with Gasteiger partial charge in [0.05, 0.1) is 30.2 Å². The van der Waals surface area contributed by atoms with Crippen molar-refractivity contribution in [2.45, 2.75) is 12.4 Å². The van der Waals surface area contributed by atoms with Gasteiger partial charge in [-0.25, -0.2) is 4.68 Å². The molecule has 1 fully saturated rings. The molecule has 1 saturated heterocycles. The Morgan fingerprint density at radius 1 is 0.882 bits per heavy atom. The molecule has 1 aliphatic rings. The molecule has 12 heteroatoms. The Kier molecular flexibility index (Phi) is 6.26. The smallest absolute Gasteiger partial charge is 0.378 e. The van der Waals surface area contributed by atoms with Gasteiger partial charge >= 0.3 is 12.4 Å². The number of aromatic nitrogens is 2. The van der Waals surface area contributed by atoms with Crippen LogP contribution in [-0.2, 0) is 17.1 Å². The zero-order valence-electron chi connectivity index (χ0n) is 17.5. The van der Waals surface area contributed by atoms with E-state index in [9.17, 15) is 31.1 Å². The molecule has 6 nitrogen and oxygen atoms in total. The highest BCUT2D eigenvalue weighted by atomic mass is 19.4. The Labute approximate surface area is 189 Å². The maximum absolute atomic E-state index is 13.7. The molecule has 0 bridgehead atoms. The van der Waals surface area contributed by atoms with E-state index in [0.717, 1.165) is 23.0 Å². The van der Waals surface area contributed by atoms with Crippen LogP contribution >= 0.6 is 0 Å². The third kappa shape index (κ3) is 5.16. The van der Waals surface area contributed by atoms with Crippen LogP contribution in [0.1, 0.15) is 21.6 Å². The number of alkyl halides is 6. The monoisotopic (exact) mass is 484 g/mol. The SMILES string of the molecule is O=C(Nc1ccc(N2CCOCC2)cc1C(F)(F)F)c1ccc(-n2ccc(C(F)(F)F)n2)cc1. The number of anilines is 2. The molecule has 1 amide bonds. The van der Waals surface area contributed by atoms with Gasteiger partial charge in [0.2, 0.25) is 0 Å². The molecule has 1 aromatic heterocycles. The van der Waals surface area contributed by atoms with Gasteiger partial charge in [0, 0.05) is 30.5 Å². The number of morpholine rings is 1. The fourth-order valence-corrected chi connectivity index (χ4v) is 3.47. The molecule has 34 heavy (non-hydrogen) atoms. The van der Waals surface area contributed by atoms with E-state index in [4.69, 9.17) is 4.74 Å². The molecule has 0 atom stereocenters. The summed E-state index contributed by atoms with van der Waals surface area (Å²) in [5.41, 5.74) is -1.82. The predicted octanol–water partition coefficient (Wildman–Crippen LogP) is 5.00. The maximum Gasteiger partial charge on any atom is 0.435 e. The van der Waals surface area contributed by atoms with Gasteiger partial charge in [-0.05, 0) is 48.5 Å². The Balaban J connectivity index is 1.53. The van der Waals surface area contributed by atoms with Crippen LogP contribution in [0.5, 0.6) is 0 Å². The Hall–Kier alpha value is -3.54. The normalized spacial score (nSPS) is 14.8. The molecule has 0 unspecified atom stereocenters. The maximum atomic E-state index is 13.7. The van der Waals surface area contributed by atoms with Crippen molar-refractivity contribution < 1.29 is 35.9 Å². The van der Waals surface area contributed by atoms with Crippen LogP contribution in [0.2, 0.25) is 0 Å². The minimum atomic E-state index is -4.70. The van der Waals surface area contributed by atoms with Crippen LogP contribution in [-0.4, -0.2) is 42.0 Å². The summed E-state index contributed by atoms with van der Waals surface area (Å²) in [4.78, 5) is 14.4. The number of ether oxygens (including phenoxy) is 1. The van der Waals surface area contributed by atoms with Crippen molar-refractivity contribution in [2.75, 3.05) is 36.5 Å². The van der Waals surface area contributed by atoms with Gasteiger partial charge in [0.15, 0.2) is 5.69 Å². The van der Waals surface area contributed by atoms with Crippen LogP contribution in [0.4, 0.5) is 37.7 Å². The molecule has 4 rings (SSSR count). The van der Waals surface area contributed by atoms with E-state index in [1.807, 2.05) is 0 Å². The second-order valence-electron chi connectivity index (χ2n) is 7.47. The van der Waals surface area contributed by atoms with Gasteiger partial charge in [0.1, 0.15) is 0 Å². The van der Waals surface area contributed by atoms with Crippen LogP contribution in [0.15, 0.2) is 54.7 Å². The molecular formula is C22H18F6N4O2. The number of hydrogen-bond acceptors (Lipinski definition) is 4. The van der Waals surface area contributed by atoms with Crippen molar-refractivity contribution in [1.29, 1.82) is 0 Å². The Bertz CT molecular complexity index is 1170. The first-order chi connectivity index (χ1) is 16.0. The zero-order chi connectivity index (χ0) is 24.5. The summed E-state index contributed by atoms with van der Waals surface area (Å²) in [6.07, 6.45) is -8.19. The highest BCUT2D eigenvalue weighted by Gasteiger charge is 2.35. The number of carbonyl (C=O) groups excluding carboxylic acids is 1. The lowest BCUT2D eigenvalue weighted by Gasteiger charge is -2.29. The molecule has 0 aliphatic carbocycles. The van der Waals surface area contributed by atoms with E-state index in [-0.39, 0.29) is 11.3 Å². The molecule has 0 radical (unpaired) electrons. The second kappa shape index (κ2) is 9.01. The van der Waals surface area contributed by atoms with E-state index in [2.05, 4.69) is 10.4 Å². The molecule has 1 aliphatic heterocycles. The Morgan fingerprint density at radius 3 is 2.12 bits per heavy atom. The standard InChI is InChI=1S/C22H18F6N4O2/c23-21(24,25)17-13-16(31-9-11-34-12-10-31)5-6-18(17)29-20(33)14-1-3-15(4-2-14)32-8-7-19(30-32)22(26,27)28/h1-8,13H,9-12H2,(H,29,33). The largest absolute Gasteiger partial charge is 0.435 e. The lowest BCUT2D eigenvalue weighted by Crippen LogP contribution is -2.36. The fraction of sp³-hybridized carbons (Fsp3) is 0.273. The Morgan fingerprint density at radius 2 is 1.53 bits per heavy atom. The molecule has 1 N–H and O–H groups in total. The van der Waals surface area contributed by atoms with Gasteiger partial charge in [-0.3, -0.25) is 4.79 Å². The van der Waals surface area contributed by atoms with E-state index < -0.39 is 35.2 Å². The summed E-state index contributed by atoms with van der Waals surface area (Å²) < 4.78 is 85.4. The van der Waals surface area contributed by atoms with Crippen LogP contribution in [0, 0.1) is 0 Å². The molecule has 0 spiro atoms. The summed E-state index contributed by atoms with van der Waals surface area (Å²) in [6.45, 7) is 1.73. The molecule has 0 saturated carbocycles. The third-order valence-electron chi connectivity index (χ3n) is 5.21. The van der Waals surface area contributed by atoms with E-state index in [1.165, 1.54) is 36.4 Å². The molecule has 3 aromatic rings. The van der Waals surface area contributed by atoms with Gasteiger partial charge in [-0.1, -0.05) is 0 Å². The van der Waals surface area contributed by atoms with Crippen molar-refractivity contribution in [3.05, 3.63) is 71.5 Å². The number of halogens is 6. The first-order valence-electron chi connectivity index (χ1n) is 10.1. The van der Waals surface area contributed by atoms with E-state index in [1.54, 1.807) is 4.90 Å². The minimum Gasteiger partial charge on any atom is -0.378 e. The predicted molar refractivity (Wildman–Crippen MR) is 111 cm³/mol. The van der Waals surface area contributed by atoms with E-state index >= 15 is 0 Å². The summed E-state index contributed by atoms with van der Waals surface area (Å²) in [5, 5.41) is 5.71. The van der Waals surface area contributed by atoms with Crippen molar-refractivity contribution >= 4 is 17.3 Å². The average molecular weight is 484 g/mol.